The molecule has 1 saturated carbocycles. The van der Waals surface area contributed by atoms with Gasteiger partial charge in [0.1, 0.15) is 5.82 Å². The van der Waals surface area contributed by atoms with Gasteiger partial charge >= 0.3 is 0 Å². The Labute approximate surface area is 103 Å². The lowest BCUT2D eigenvalue weighted by Crippen LogP contribution is -2.24. The second-order valence-electron chi connectivity index (χ2n) is 5.67. The minimum atomic E-state index is 0.650. The number of H-pyrrole nitrogens is 1. The number of hydrogen-bond donors (Lipinski definition) is 2. The molecule has 2 fully saturated rings. The van der Waals surface area contributed by atoms with Gasteiger partial charge in [-0.25, -0.2) is 4.98 Å². The average Bonchev–Trinajstić information content (AvgIpc) is 3.00. The highest BCUT2D eigenvalue weighted by Crippen LogP contribution is 2.34. The largest absolute Gasteiger partial charge is 0.346 e. The Balaban J connectivity index is 1.70. The standard InChI is InChI=1S/C14H23N3/c1-10-14(11-5-2-3-6-11)17-13(16-10)9-12-7-4-8-15-12/h11-12,15H,2-9H2,1H3,(H,16,17). The first-order chi connectivity index (χ1) is 8.33. The van der Waals surface area contributed by atoms with Crippen molar-refractivity contribution >= 4 is 0 Å². The zero-order valence-corrected chi connectivity index (χ0v) is 10.8. The first kappa shape index (κ1) is 11.3. The van der Waals surface area contributed by atoms with Gasteiger partial charge in [0.15, 0.2) is 0 Å². The fraction of sp³-hybridized carbons (Fsp3) is 0.786. The number of rotatable bonds is 3. The van der Waals surface area contributed by atoms with Crippen LogP contribution in [0.15, 0.2) is 0 Å². The van der Waals surface area contributed by atoms with Gasteiger partial charge in [-0.2, -0.15) is 0 Å². The van der Waals surface area contributed by atoms with Crippen LogP contribution in [0.3, 0.4) is 0 Å². The SMILES string of the molecule is Cc1[nH]c(CC2CCCN2)nc1C1CCCC1. The van der Waals surface area contributed by atoms with Crippen LogP contribution >= 0.6 is 0 Å². The highest BCUT2D eigenvalue weighted by atomic mass is 15.0. The molecule has 94 valence electrons. The van der Waals surface area contributed by atoms with Crippen molar-refractivity contribution in [3.8, 4) is 0 Å². The average molecular weight is 233 g/mol. The number of nitrogens with one attached hydrogen (secondary N) is 2. The van der Waals surface area contributed by atoms with Crippen molar-refractivity contribution in [1.82, 2.24) is 15.3 Å². The fourth-order valence-electron chi connectivity index (χ4n) is 3.40. The molecule has 2 aliphatic rings. The van der Waals surface area contributed by atoms with E-state index in [1.54, 1.807) is 0 Å². The molecule has 17 heavy (non-hydrogen) atoms. The summed E-state index contributed by atoms with van der Waals surface area (Å²) < 4.78 is 0. The van der Waals surface area contributed by atoms with Crippen LogP contribution in [0.2, 0.25) is 0 Å². The molecule has 1 aromatic rings. The van der Waals surface area contributed by atoms with Crippen LogP contribution in [-0.2, 0) is 6.42 Å². The van der Waals surface area contributed by atoms with Crippen molar-refractivity contribution in [2.24, 2.45) is 0 Å². The minimum absolute atomic E-state index is 0.650. The number of aromatic nitrogens is 2. The molecule has 0 radical (unpaired) electrons. The van der Waals surface area contributed by atoms with Crippen molar-refractivity contribution in [2.45, 2.75) is 63.8 Å². The quantitative estimate of drug-likeness (QED) is 0.842. The maximum absolute atomic E-state index is 4.86. The third kappa shape index (κ3) is 2.39. The van der Waals surface area contributed by atoms with Gasteiger partial charge in [-0.15, -0.1) is 0 Å². The first-order valence-corrected chi connectivity index (χ1v) is 7.11. The van der Waals surface area contributed by atoms with E-state index in [4.69, 9.17) is 4.98 Å². The number of imidazole rings is 1. The van der Waals surface area contributed by atoms with Gasteiger partial charge in [0, 0.05) is 24.1 Å². The van der Waals surface area contributed by atoms with Crippen LogP contribution in [0.25, 0.3) is 0 Å². The number of nitrogens with zero attached hydrogens (tertiary/aromatic N) is 1. The van der Waals surface area contributed by atoms with E-state index in [1.807, 2.05) is 0 Å². The fourth-order valence-corrected chi connectivity index (χ4v) is 3.40. The number of aryl methyl sites for hydroxylation is 1. The molecule has 0 amide bonds. The Kier molecular flexibility index (Phi) is 3.19. The Bertz CT molecular complexity index is 371. The molecule has 1 aliphatic carbocycles. The Hall–Kier alpha value is -0.830. The Morgan fingerprint density at radius 1 is 1.18 bits per heavy atom. The van der Waals surface area contributed by atoms with E-state index in [1.165, 1.54) is 62.3 Å². The topological polar surface area (TPSA) is 40.7 Å². The van der Waals surface area contributed by atoms with Crippen LogP contribution in [0, 0.1) is 6.92 Å². The molecule has 1 atom stereocenters. The Morgan fingerprint density at radius 3 is 2.71 bits per heavy atom. The molecule has 0 spiro atoms. The maximum atomic E-state index is 4.86. The van der Waals surface area contributed by atoms with Gasteiger partial charge in [-0.05, 0) is 39.2 Å². The second kappa shape index (κ2) is 4.81. The lowest BCUT2D eigenvalue weighted by Gasteiger charge is -2.07. The molecule has 0 bridgehead atoms. The van der Waals surface area contributed by atoms with Crippen LogP contribution in [0.4, 0.5) is 0 Å². The summed E-state index contributed by atoms with van der Waals surface area (Å²) in [7, 11) is 0. The van der Waals surface area contributed by atoms with Gasteiger partial charge in [0.25, 0.3) is 0 Å². The highest BCUT2D eigenvalue weighted by Gasteiger charge is 2.23. The van der Waals surface area contributed by atoms with Crippen molar-refractivity contribution in [3.05, 3.63) is 17.2 Å². The third-order valence-corrected chi connectivity index (χ3v) is 4.32. The lowest BCUT2D eigenvalue weighted by atomic mass is 10.0. The minimum Gasteiger partial charge on any atom is -0.346 e. The summed E-state index contributed by atoms with van der Waals surface area (Å²) in [6.07, 6.45) is 9.15. The van der Waals surface area contributed by atoms with Crippen LogP contribution in [-0.4, -0.2) is 22.6 Å². The van der Waals surface area contributed by atoms with Crippen molar-refractivity contribution < 1.29 is 0 Å². The first-order valence-electron chi connectivity index (χ1n) is 7.11. The normalized spacial score (nSPS) is 25.8. The molecule has 1 unspecified atom stereocenters. The monoisotopic (exact) mass is 233 g/mol. The zero-order valence-electron chi connectivity index (χ0n) is 10.8. The second-order valence-corrected chi connectivity index (χ2v) is 5.67. The van der Waals surface area contributed by atoms with Gasteiger partial charge < -0.3 is 10.3 Å². The van der Waals surface area contributed by atoms with E-state index in [9.17, 15) is 0 Å². The molecule has 2 N–H and O–H groups in total. The summed E-state index contributed by atoms with van der Waals surface area (Å²) in [5, 5.41) is 3.54. The smallest absolute Gasteiger partial charge is 0.108 e. The van der Waals surface area contributed by atoms with E-state index in [2.05, 4.69) is 17.2 Å². The summed E-state index contributed by atoms with van der Waals surface area (Å²) in [6, 6.07) is 0.650. The third-order valence-electron chi connectivity index (χ3n) is 4.32. The number of aromatic amines is 1. The molecule has 1 saturated heterocycles. The molecule has 1 aliphatic heterocycles. The molecule has 0 aromatic carbocycles. The molecule has 3 rings (SSSR count). The predicted octanol–water partition coefficient (Wildman–Crippen LogP) is 2.67. The van der Waals surface area contributed by atoms with E-state index >= 15 is 0 Å². The molecular weight excluding hydrogens is 210 g/mol. The van der Waals surface area contributed by atoms with Crippen LogP contribution < -0.4 is 5.32 Å². The van der Waals surface area contributed by atoms with Gasteiger partial charge in [-0.1, -0.05) is 12.8 Å². The van der Waals surface area contributed by atoms with E-state index < -0.39 is 0 Å². The van der Waals surface area contributed by atoms with Crippen LogP contribution in [0.1, 0.15) is 61.7 Å². The van der Waals surface area contributed by atoms with Gasteiger partial charge in [-0.3, -0.25) is 0 Å². The molecule has 2 heterocycles. The van der Waals surface area contributed by atoms with Crippen LogP contribution in [0.5, 0.6) is 0 Å². The molecule has 3 nitrogen and oxygen atoms in total. The maximum Gasteiger partial charge on any atom is 0.108 e. The molecular formula is C14H23N3. The Morgan fingerprint density at radius 2 is 2.00 bits per heavy atom. The summed E-state index contributed by atoms with van der Waals surface area (Å²) in [5.41, 5.74) is 2.67. The van der Waals surface area contributed by atoms with Crippen molar-refractivity contribution in [1.29, 1.82) is 0 Å². The van der Waals surface area contributed by atoms with Gasteiger partial charge in [0.05, 0.1) is 5.69 Å². The van der Waals surface area contributed by atoms with Gasteiger partial charge in [0.2, 0.25) is 0 Å². The van der Waals surface area contributed by atoms with Crippen molar-refractivity contribution in [2.75, 3.05) is 6.54 Å². The molecule has 1 aromatic heterocycles. The molecule has 3 heteroatoms. The summed E-state index contributed by atoms with van der Waals surface area (Å²) in [4.78, 5) is 8.36. The van der Waals surface area contributed by atoms with E-state index in [0.717, 1.165) is 12.3 Å². The summed E-state index contributed by atoms with van der Waals surface area (Å²) >= 11 is 0. The lowest BCUT2D eigenvalue weighted by molar-refractivity contribution is 0.586. The summed E-state index contributed by atoms with van der Waals surface area (Å²) in [6.45, 7) is 3.37. The van der Waals surface area contributed by atoms with Crippen molar-refractivity contribution in [3.63, 3.8) is 0 Å². The van der Waals surface area contributed by atoms with E-state index in [0.29, 0.717) is 6.04 Å². The van der Waals surface area contributed by atoms with E-state index in [-0.39, 0.29) is 0 Å². The number of hydrogen-bond acceptors (Lipinski definition) is 2. The zero-order chi connectivity index (χ0) is 11.7. The predicted molar refractivity (Wildman–Crippen MR) is 69.3 cm³/mol. The highest BCUT2D eigenvalue weighted by molar-refractivity contribution is 5.19. The summed E-state index contributed by atoms with van der Waals surface area (Å²) in [5.74, 6) is 1.93.